The van der Waals surface area contributed by atoms with E-state index < -0.39 is 0 Å². The number of hydrogen-bond acceptors (Lipinski definition) is 4. The Labute approximate surface area is 138 Å². The van der Waals surface area contributed by atoms with E-state index in [0.717, 1.165) is 17.0 Å². The normalized spacial score (nSPS) is 11.0. The number of rotatable bonds is 3. The SMILES string of the molecule is Cc1cc(C)n2nc(CC(=O)Nc3ccc(C)c(Cl)c3)nc2n1. The van der Waals surface area contributed by atoms with E-state index in [9.17, 15) is 4.79 Å². The van der Waals surface area contributed by atoms with Crippen molar-refractivity contribution < 1.29 is 4.79 Å². The van der Waals surface area contributed by atoms with Gasteiger partial charge in [-0.1, -0.05) is 17.7 Å². The van der Waals surface area contributed by atoms with Gasteiger partial charge in [0.05, 0.1) is 6.42 Å². The highest BCUT2D eigenvalue weighted by Gasteiger charge is 2.12. The van der Waals surface area contributed by atoms with Crippen LogP contribution in [-0.2, 0) is 11.2 Å². The number of benzene rings is 1. The molecule has 0 bridgehead atoms. The molecule has 1 N–H and O–H groups in total. The number of carbonyl (C=O) groups excluding carboxylic acids is 1. The first-order valence-electron chi connectivity index (χ1n) is 7.18. The first kappa shape index (κ1) is 15.4. The van der Waals surface area contributed by atoms with Crippen LogP contribution >= 0.6 is 11.6 Å². The zero-order chi connectivity index (χ0) is 16.6. The number of anilines is 1. The highest BCUT2D eigenvalue weighted by atomic mass is 35.5. The topological polar surface area (TPSA) is 72.2 Å². The molecule has 0 aliphatic rings. The van der Waals surface area contributed by atoms with Gasteiger partial charge in [0, 0.05) is 22.1 Å². The van der Waals surface area contributed by atoms with E-state index in [1.54, 1.807) is 10.6 Å². The molecule has 2 aromatic heterocycles. The van der Waals surface area contributed by atoms with Gasteiger partial charge in [-0.05, 0) is 44.5 Å². The van der Waals surface area contributed by atoms with Crippen LogP contribution in [0, 0.1) is 20.8 Å². The van der Waals surface area contributed by atoms with E-state index in [-0.39, 0.29) is 12.3 Å². The lowest BCUT2D eigenvalue weighted by Gasteiger charge is -2.05. The third-order valence-corrected chi connectivity index (χ3v) is 3.84. The summed E-state index contributed by atoms with van der Waals surface area (Å²) in [6.45, 7) is 5.73. The van der Waals surface area contributed by atoms with Gasteiger partial charge in [-0.3, -0.25) is 4.79 Å². The summed E-state index contributed by atoms with van der Waals surface area (Å²) in [6, 6.07) is 7.31. The molecule has 3 aromatic rings. The minimum atomic E-state index is -0.199. The maximum Gasteiger partial charge on any atom is 0.252 e. The number of nitrogens with zero attached hydrogens (tertiary/aromatic N) is 4. The number of nitrogens with one attached hydrogen (secondary N) is 1. The van der Waals surface area contributed by atoms with Gasteiger partial charge >= 0.3 is 0 Å². The Morgan fingerprint density at radius 2 is 2.00 bits per heavy atom. The summed E-state index contributed by atoms with van der Waals surface area (Å²) in [4.78, 5) is 20.8. The van der Waals surface area contributed by atoms with Crippen molar-refractivity contribution in [2.75, 3.05) is 5.32 Å². The monoisotopic (exact) mass is 329 g/mol. The largest absolute Gasteiger partial charge is 0.326 e. The van der Waals surface area contributed by atoms with Gasteiger partial charge in [-0.15, -0.1) is 5.10 Å². The predicted octanol–water partition coefficient (Wildman–Crippen LogP) is 2.88. The van der Waals surface area contributed by atoms with Crippen LogP contribution in [0.5, 0.6) is 0 Å². The Morgan fingerprint density at radius 1 is 1.22 bits per heavy atom. The summed E-state index contributed by atoms with van der Waals surface area (Å²) in [5.74, 6) is 0.737. The molecule has 0 radical (unpaired) electrons. The van der Waals surface area contributed by atoms with Crippen LogP contribution in [0.1, 0.15) is 22.8 Å². The molecule has 0 aliphatic heterocycles. The van der Waals surface area contributed by atoms with E-state index in [0.29, 0.717) is 22.3 Å². The van der Waals surface area contributed by atoms with Crippen molar-refractivity contribution in [3.8, 4) is 0 Å². The summed E-state index contributed by atoms with van der Waals surface area (Å²) >= 11 is 6.06. The van der Waals surface area contributed by atoms with Crippen molar-refractivity contribution in [1.82, 2.24) is 19.6 Å². The van der Waals surface area contributed by atoms with Crippen molar-refractivity contribution in [2.24, 2.45) is 0 Å². The average molecular weight is 330 g/mol. The van der Waals surface area contributed by atoms with Crippen molar-refractivity contribution in [3.63, 3.8) is 0 Å². The summed E-state index contributed by atoms with van der Waals surface area (Å²) in [5, 5.41) is 7.73. The quantitative estimate of drug-likeness (QED) is 0.802. The van der Waals surface area contributed by atoms with Gasteiger partial charge < -0.3 is 5.32 Å². The van der Waals surface area contributed by atoms with Crippen LogP contribution in [0.25, 0.3) is 5.78 Å². The molecule has 0 unspecified atom stereocenters. The van der Waals surface area contributed by atoms with Gasteiger partial charge in [0.25, 0.3) is 5.78 Å². The van der Waals surface area contributed by atoms with E-state index in [1.807, 2.05) is 39.0 Å². The number of amides is 1. The zero-order valence-electron chi connectivity index (χ0n) is 13.1. The molecule has 2 heterocycles. The van der Waals surface area contributed by atoms with Gasteiger partial charge in [-0.2, -0.15) is 4.98 Å². The van der Waals surface area contributed by atoms with Crippen LogP contribution in [-0.4, -0.2) is 25.5 Å². The molecule has 0 spiro atoms. The van der Waals surface area contributed by atoms with E-state index >= 15 is 0 Å². The molecule has 0 saturated heterocycles. The molecule has 3 rings (SSSR count). The Morgan fingerprint density at radius 3 is 2.74 bits per heavy atom. The predicted molar refractivity (Wildman–Crippen MR) is 88.8 cm³/mol. The van der Waals surface area contributed by atoms with Crippen LogP contribution < -0.4 is 5.32 Å². The maximum absolute atomic E-state index is 12.1. The van der Waals surface area contributed by atoms with Crippen LogP contribution in [0.4, 0.5) is 5.69 Å². The Balaban J connectivity index is 1.77. The molecular weight excluding hydrogens is 314 g/mol. The number of hydrogen-bond donors (Lipinski definition) is 1. The minimum absolute atomic E-state index is 0.0767. The maximum atomic E-state index is 12.1. The third-order valence-electron chi connectivity index (χ3n) is 3.44. The molecule has 23 heavy (non-hydrogen) atoms. The van der Waals surface area contributed by atoms with Crippen LogP contribution in [0.3, 0.4) is 0 Å². The van der Waals surface area contributed by atoms with Crippen LogP contribution in [0.15, 0.2) is 24.3 Å². The summed E-state index contributed by atoms with van der Waals surface area (Å²) in [5.41, 5.74) is 3.41. The second-order valence-electron chi connectivity index (χ2n) is 5.47. The Hall–Kier alpha value is -2.47. The number of aromatic nitrogens is 4. The van der Waals surface area contributed by atoms with E-state index in [2.05, 4.69) is 20.4 Å². The standard InChI is InChI=1S/C16H16ClN5O/c1-9-4-5-12(7-13(9)17)19-15(23)8-14-20-16-18-10(2)6-11(3)22(16)21-14/h4-7H,8H2,1-3H3,(H,19,23). The highest BCUT2D eigenvalue weighted by Crippen LogP contribution is 2.20. The lowest BCUT2D eigenvalue weighted by molar-refractivity contribution is -0.115. The molecule has 118 valence electrons. The van der Waals surface area contributed by atoms with Crippen molar-refractivity contribution >= 4 is 29.0 Å². The fourth-order valence-electron chi connectivity index (χ4n) is 2.30. The second kappa shape index (κ2) is 5.96. The molecule has 0 atom stereocenters. The zero-order valence-corrected chi connectivity index (χ0v) is 13.8. The van der Waals surface area contributed by atoms with Crippen LogP contribution in [0.2, 0.25) is 5.02 Å². The molecule has 6 nitrogen and oxygen atoms in total. The fourth-order valence-corrected chi connectivity index (χ4v) is 2.48. The van der Waals surface area contributed by atoms with E-state index in [1.165, 1.54) is 0 Å². The Bertz CT molecular complexity index is 903. The average Bonchev–Trinajstić information content (AvgIpc) is 2.85. The first-order valence-corrected chi connectivity index (χ1v) is 7.56. The lowest BCUT2D eigenvalue weighted by Crippen LogP contribution is -2.15. The smallest absolute Gasteiger partial charge is 0.252 e. The molecule has 1 amide bonds. The summed E-state index contributed by atoms with van der Waals surface area (Å²) in [6.07, 6.45) is 0.0767. The number of aryl methyl sites for hydroxylation is 3. The second-order valence-corrected chi connectivity index (χ2v) is 5.87. The van der Waals surface area contributed by atoms with Gasteiger partial charge in [0.15, 0.2) is 5.82 Å². The van der Waals surface area contributed by atoms with Crippen molar-refractivity contribution in [3.05, 3.63) is 52.1 Å². The number of halogens is 1. The summed E-state index contributed by atoms with van der Waals surface area (Å²) < 4.78 is 1.64. The molecule has 7 heteroatoms. The first-order chi connectivity index (χ1) is 10.9. The van der Waals surface area contributed by atoms with Crippen molar-refractivity contribution in [1.29, 1.82) is 0 Å². The third kappa shape index (κ3) is 3.32. The lowest BCUT2D eigenvalue weighted by atomic mass is 10.2. The van der Waals surface area contributed by atoms with Gasteiger partial charge in [-0.25, -0.2) is 9.50 Å². The Kier molecular flexibility index (Phi) is 4.00. The molecule has 0 saturated carbocycles. The fraction of sp³-hybridized carbons (Fsp3) is 0.250. The molecular formula is C16H16ClN5O. The molecule has 0 fully saturated rings. The minimum Gasteiger partial charge on any atom is -0.326 e. The van der Waals surface area contributed by atoms with Gasteiger partial charge in [0.1, 0.15) is 0 Å². The highest BCUT2D eigenvalue weighted by molar-refractivity contribution is 6.31. The number of carbonyl (C=O) groups is 1. The van der Waals surface area contributed by atoms with Crippen molar-refractivity contribution in [2.45, 2.75) is 27.2 Å². The molecule has 1 aromatic carbocycles. The summed E-state index contributed by atoms with van der Waals surface area (Å²) in [7, 11) is 0. The number of fused-ring (bicyclic) bond motifs is 1. The van der Waals surface area contributed by atoms with E-state index in [4.69, 9.17) is 11.6 Å². The molecule has 0 aliphatic carbocycles. The van der Waals surface area contributed by atoms with Gasteiger partial charge in [0.2, 0.25) is 5.91 Å².